The van der Waals surface area contributed by atoms with Gasteiger partial charge >= 0.3 is 0 Å². The van der Waals surface area contributed by atoms with Gasteiger partial charge in [-0.05, 0) is 85.9 Å². The third-order valence-corrected chi connectivity index (χ3v) is 7.26. The van der Waals surface area contributed by atoms with E-state index in [9.17, 15) is 0 Å². The Hall–Kier alpha value is -4.27. The molecule has 2 heterocycles. The number of rotatable bonds is 14. The molecule has 0 aliphatic carbocycles. The third kappa shape index (κ3) is 11.9. The van der Waals surface area contributed by atoms with Crippen LogP contribution in [0.2, 0.25) is 0 Å². The molecule has 0 saturated carbocycles. The molecule has 0 radical (unpaired) electrons. The number of likely N-dealkylation sites (N-methyl/N-ethyl adjacent to an activating group) is 1. The second kappa shape index (κ2) is 18.3. The number of terminal acetylenes is 1. The van der Waals surface area contributed by atoms with Gasteiger partial charge in [0.15, 0.2) is 0 Å². The van der Waals surface area contributed by atoms with Gasteiger partial charge in [0.2, 0.25) is 0 Å². The van der Waals surface area contributed by atoms with Crippen LogP contribution in [0.15, 0.2) is 120 Å². The van der Waals surface area contributed by atoms with E-state index in [-0.39, 0.29) is 5.41 Å². The van der Waals surface area contributed by atoms with E-state index in [1.807, 2.05) is 33.0 Å². The number of aromatic amines is 1. The minimum Gasteiger partial charge on any atom is -0.388 e. The minimum atomic E-state index is 0.149. The molecule has 0 aliphatic rings. The summed E-state index contributed by atoms with van der Waals surface area (Å²) in [6.45, 7) is 27.4. The number of nitrogens with one attached hydrogen (secondary N) is 3. The molecule has 5 heteroatoms. The predicted molar refractivity (Wildman–Crippen MR) is 192 cm³/mol. The van der Waals surface area contributed by atoms with Crippen molar-refractivity contribution in [1.82, 2.24) is 20.6 Å². The van der Waals surface area contributed by atoms with Crippen molar-refractivity contribution >= 4 is 16.9 Å². The number of nitrogens with zero attached hydrogens (tertiary/aromatic N) is 1. The Labute approximate surface area is 265 Å². The number of allylic oxidation sites excluding steroid dienone is 12. The summed E-state index contributed by atoms with van der Waals surface area (Å²) in [6.07, 6.45) is 26.1. The monoisotopic (exact) mass is 594 g/mol. The molecule has 0 unspecified atom stereocenters. The number of aromatic nitrogens is 2. The highest BCUT2D eigenvalue weighted by molar-refractivity contribution is 7.11. The maximum Gasteiger partial charge on any atom is 0.111 e. The van der Waals surface area contributed by atoms with Gasteiger partial charge in [-0.1, -0.05) is 77.0 Å². The zero-order chi connectivity index (χ0) is 32.6. The largest absolute Gasteiger partial charge is 0.388 e. The van der Waals surface area contributed by atoms with Gasteiger partial charge in [0.1, 0.15) is 5.82 Å². The Morgan fingerprint density at radius 3 is 2.26 bits per heavy atom. The molecule has 0 atom stereocenters. The number of H-pyrrole nitrogens is 1. The van der Waals surface area contributed by atoms with Crippen molar-refractivity contribution in [3.05, 3.63) is 142 Å². The Morgan fingerprint density at radius 1 is 1.09 bits per heavy atom. The average Bonchev–Trinajstić information content (AvgIpc) is 3.63. The molecule has 43 heavy (non-hydrogen) atoms. The highest BCUT2D eigenvalue weighted by atomic mass is 32.1. The second-order valence-electron chi connectivity index (χ2n) is 11.1. The van der Waals surface area contributed by atoms with Gasteiger partial charge in [0, 0.05) is 46.7 Å². The first-order valence-corrected chi connectivity index (χ1v) is 15.3. The first kappa shape index (κ1) is 36.8. The van der Waals surface area contributed by atoms with Crippen LogP contribution in [0, 0.1) is 25.2 Å². The van der Waals surface area contributed by atoms with Crippen molar-refractivity contribution in [1.29, 1.82) is 0 Å². The van der Waals surface area contributed by atoms with Crippen LogP contribution in [0.5, 0.6) is 0 Å². The highest BCUT2D eigenvalue weighted by Crippen LogP contribution is 2.29. The Kier molecular flexibility index (Phi) is 15.6. The predicted octanol–water partition coefficient (Wildman–Crippen LogP) is 9.74. The van der Waals surface area contributed by atoms with Gasteiger partial charge in [-0.3, -0.25) is 0 Å². The number of hydrogen-bond acceptors (Lipinski definition) is 4. The Morgan fingerprint density at radius 2 is 1.74 bits per heavy atom. The van der Waals surface area contributed by atoms with Crippen molar-refractivity contribution in [2.75, 3.05) is 7.05 Å². The molecule has 2 aromatic heterocycles. The number of thiophene rings is 1. The van der Waals surface area contributed by atoms with E-state index in [1.165, 1.54) is 4.88 Å². The fourth-order valence-corrected chi connectivity index (χ4v) is 5.17. The first-order valence-electron chi connectivity index (χ1n) is 14.4. The fraction of sp³-hybridized carbons (Fsp3) is 0.289. The summed E-state index contributed by atoms with van der Waals surface area (Å²) in [5.41, 5.74) is 9.21. The maximum absolute atomic E-state index is 5.06. The van der Waals surface area contributed by atoms with Crippen molar-refractivity contribution in [3.8, 4) is 12.8 Å². The molecule has 228 valence electrons. The van der Waals surface area contributed by atoms with Crippen LogP contribution in [0.4, 0.5) is 0 Å². The van der Waals surface area contributed by atoms with Gasteiger partial charge in [-0.25, -0.2) is 4.98 Å². The van der Waals surface area contributed by atoms with E-state index in [0.29, 0.717) is 6.42 Å². The van der Waals surface area contributed by atoms with Crippen molar-refractivity contribution < 1.29 is 0 Å². The summed E-state index contributed by atoms with van der Waals surface area (Å²) >= 11 is 1.72. The van der Waals surface area contributed by atoms with Gasteiger partial charge in [0.05, 0.1) is 5.69 Å². The van der Waals surface area contributed by atoms with E-state index in [2.05, 4.69) is 137 Å². The number of hydrogen-bond donors (Lipinski definition) is 3. The second-order valence-corrected chi connectivity index (χ2v) is 12.0. The Balaban J connectivity index is 0.00000452. The van der Waals surface area contributed by atoms with Crippen LogP contribution in [0.25, 0.3) is 5.57 Å². The van der Waals surface area contributed by atoms with E-state index in [1.54, 1.807) is 11.3 Å². The van der Waals surface area contributed by atoms with E-state index in [0.717, 1.165) is 63.0 Å². The van der Waals surface area contributed by atoms with Crippen molar-refractivity contribution in [3.63, 3.8) is 0 Å². The smallest absolute Gasteiger partial charge is 0.111 e. The lowest BCUT2D eigenvalue weighted by Gasteiger charge is -2.21. The van der Waals surface area contributed by atoms with E-state index >= 15 is 0 Å². The summed E-state index contributed by atoms with van der Waals surface area (Å²) in [5.74, 6) is 0.892. The highest BCUT2D eigenvalue weighted by Gasteiger charge is 2.16. The van der Waals surface area contributed by atoms with Gasteiger partial charge in [0.25, 0.3) is 0 Å². The van der Waals surface area contributed by atoms with Crippen LogP contribution in [-0.4, -0.2) is 17.0 Å². The summed E-state index contributed by atoms with van der Waals surface area (Å²) in [7, 11) is 1.90. The molecule has 0 bridgehead atoms. The van der Waals surface area contributed by atoms with Crippen LogP contribution in [0.3, 0.4) is 0 Å². The molecular weight excluding hydrogens is 545 g/mol. The SMILES string of the molecule is C#C.C=C\C(=C/C(=C\C)C(/C=C(/Cc1nc(/C(=C\C=C/C)c2cccs2)c(C)[nH]1)C(=C)NC)=C/C)NC(=C)CC(C)(C)C. The fourth-order valence-electron chi connectivity index (χ4n) is 4.41. The molecule has 0 aliphatic heterocycles. The average molecular weight is 595 g/mol. The van der Waals surface area contributed by atoms with Crippen molar-refractivity contribution in [2.24, 2.45) is 5.41 Å². The van der Waals surface area contributed by atoms with Gasteiger partial charge in [-0.2, -0.15) is 0 Å². The number of aryl methyl sites for hydroxylation is 1. The molecular formula is C38H50N4S. The topological polar surface area (TPSA) is 52.7 Å². The molecule has 0 aromatic carbocycles. The van der Waals surface area contributed by atoms with E-state index in [4.69, 9.17) is 4.98 Å². The molecule has 0 spiro atoms. The summed E-state index contributed by atoms with van der Waals surface area (Å²) in [4.78, 5) is 9.78. The van der Waals surface area contributed by atoms with Gasteiger partial charge in [-0.15, -0.1) is 24.2 Å². The third-order valence-electron chi connectivity index (χ3n) is 6.36. The minimum absolute atomic E-state index is 0.149. The van der Waals surface area contributed by atoms with Crippen LogP contribution >= 0.6 is 11.3 Å². The zero-order valence-electron chi connectivity index (χ0n) is 27.4. The van der Waals surface area contributed by atoms with Gasteiger partial charge < -0.3 is 15.6 Å². The maximum atomic E-state index is 5.06. The molecule has 0 saturated heterocycles. The molecule has 2 aromatic rings. The normalized spacial score (nSPS) is 13.4. The molecule has 2 rings (SSSR count). The summed E-state index contributed by atoms with van der Waals surface area (Å²) < 4.78 is 0. The quantitative estimate of drug-likeness (QED) is 0.151. The summed E-state index contributed by atoms with van der Waals surface area (Å²) in [6, 6.07) is 4.21. The Bertz CT molecular complexity index is 1440. The zero-order valence-corrected chi connectivity index (χ0v) is 28.2. The molecule has 0 amide bonds. The molecule has 4 nitrogen and oxygen atoms in total. The molecule has 0 fully saturated rings. The van der Waals surface area contributed by atoms with Crippen LogP contribution in [-0.2, 0) is 6.42 Å². The lowest BCUT2D eigenvalue weighted by Crippen LogP contribution is -2.17. The van der Waals surface area contributed by atoms with E-state index < -0.39 is 0 Å². The lowest BCUT2D eigenvalue weighted by atomic mass is 9.91. The van der Waals surface area contributed by atoms with Crippen LogP contribution < -0.4 is 10.6 Å². The van der Waals surface area contributed by atoms with Crippen LogP contribution in [0.1, 0.15) is 70.1 Å². The number of imidazole rings is 1. The lowest BCUT2D eigenvalue weighted by molar-refractivity contribution is 0.403. The first-order chi connectivity index (χ1) is 20.5. The standard InChI is InChI=1S/C36H48N4S.C2H2/c1-12-16-18-32(33-19-17-20-41-33)35-27(7)39-34(40-35)23-30(26(6)37-11)21-28(13-2)29(14-3)22-31(15-4)38-25(5)24-36(8,9)10;1-2/h12-22,37-38H,4-6,23-24H2,1-3,7-11H3,(H,39,40);1-2H/b16-12-,28-13+,29-14+,30-21-,31-22+,32-18-;. The van der Waals surface area contributed by atoms with Crippen molar-refractivity contribution in [2.45, 2.75) is 61.3 Å². The molecule has 3 N–H and O–H groups in total. The summed E-state index contributed by atoms with van der Waals surface area (Å²) in [5, 5.41) is 8.78.